The number of rotatable bonds is 4. The van der Waals surface area contributed by atoms with E-state index in [1.165, 1.54) is 0 Å². The van der Waals surface area contributed by atoms with E-state index in [9.17, 15) is 5.11 Å². The molecule has 0 aliphatic rings. The van der Waals surface area contributed by atoms with Crippen LogP contribution in [0.4, 0.5) is 0 Å². The van der Waals surface area contributed by atoms with Crippen LogP contribution in [-0.2, 0) is 20.3 Å². The molecule has 2 rings (SSSR count). The van der Waals surface area contributed by atoms with Crippen molar-refractivity contribution in [2.45, 2.75) is 20.1 Å². The van der Waals surface area contributed by atoms with Gasteiger partial charge in [0, 0.05) is 12.6 Å². The summed E-state index contributed by atoms with van der Waals surface area (Å²) in [5, 5.41) is 16.9. The largest absolute Gasteiger partial charge is 0.485 e. The Kier molecular flexibility index (Phi) is 3.39. The highest BCUT2D eigenvalue weighted by Gasteiger charge is 2.06. The van der Waals surface area contributed by atoms with E-state index in [-0.39, 0.29) is 6.61 Å². The minimum Gasteiger partial charge on any atom is -0.485 e. The monoisotopic (exact) mass is 233 g/mol. The molecule has 0 radical (unpaired) electrons. The third-order valence-electron chi connectivity index (χ3n) is 2.55. The summed E-state index contributed by atoms with van der Waals surface area (Å²) in [6, 6.07) is 5.72. The average Bonchev–Trinajstić information content (AvgIpc) is 2.73. The van der Waals surface area contributed by atoms with Gasteiger partial charge < -0.3 is 14.4 Å². The van der Waals surface area contributed by atoms with Crippen molar-refractivity contribution in [2.75, 3.05) is 0 Å². The molecule has 0 aliphatic carbocycles. The summed E-state index contributed by atoms with van der Waals surface area (Å²) < 4.78 is 7.42. The van der Waals surface area contributed by atoms with Crippen LogP contribution in [0.5, 0.6) is 5.75 Å². The molecule has 0 saturated carbocycles. The summed E-state index contributed by atoms with van der Waals surface area (Å²) >= 11 is 0. The minimum absolute atomic E-state index is 0.0319. The van der Waals surface area contributed by atoms with E-state index >= 15 is 0 Å². The lowest BCUT2D eigenvalue weighted by atomic mass is 10.1. The first-order valence-corrected chi connectivity index (χ1v) is 5.36. The van der Waals surface area contributed by atoms with E-state index in [1.807, 2.05) is 32.2 Å². The molecule has 17 heavy (non-hydrogen) atoms. The van der Waals surface area contributed by atoms with Crippen molar-refractivity contribution in [2.24, 2.45) is 7.05 Å². The molecular weight excluding hydrogens is 218 g/mol. The van der Waals surface area contributed by atoms with Crippen LogP contribution in [0.2, 0.25) is 0 Å². The quantitative estimate of drug-likeness (QED) is 0.861. The van der Waals surface area contributed by atoms with Crippen molar-refractivity contribution in [3.8, 4) is 5.75 Å². The van der Waals surface area contributed by atoms with Gasteiger partial charge in [-0.25, -0.2) is 0 Å². The molecule has 5 heteroatoms. The van der Waals surface area contributed by atoms with E-state index < -0.39 is 0 Å². The number of hydrogen-bond donors (Lipinski definition) is 1. The molecular formula is C12H15N3O2. The topological polar surface area (TPSA) is 60.2 Å². The maximum absolute atomic E-state index is 9.24. The van der Waals surface area contributed by atoms with Crippen LogP contribution in [0.15, 0.2) is 24.5 Å². The van der Waals surface area contributed by atoms with Gasteiger partial charge in [-0.3, -0.25) is 0 Å². The normalized spacial score (nSPS) is 10.5. The highest BCUT2D eigenvalue weighted by atomic mass is 16.5. The van der Waals surface area contributed by atoms with Crippen LogP contribution < -0.4 is 4.74 Å². The Morgan fingerprint density at radius 2 is 2.24 bits per heavy atom. The van der Waals surface area contributed by atoms with Gasteiger partial charge in [-0.2, -0.15) is 0 Å². The number of nitrogens with zero attached hydrogens (tertiary/aromatic N) is 3. The molecule has 0 atom stereocenters. The highest BCUT2D eigenvalue weighted by Crippen LogP contribution is 2.20. The highest BCUT2D eigenvalue weighted by molar-refractivity contribution is 5.36. The molecule has 5 nitrogen and oxygen atoms in total. The second-order valence-electron chi connectivity index (χ2n) is 3.92. The van der Waals surface area contributed by atoms with E-state index in [4.69, 9.17) is 4.74 Å². The van der Waals surface area contributed by atoms with Crippen molar-refractivity contribution in [3.05, 3.63) is 41.5 Å². The molecule has 1 heterocycles. The Morgan fingerprint density at radius 1 is 1.41 bits per heavy atom. The van der Waals surface area contributed by atoms with Crippen molar-refractivity contribution in [1.29, 1.82) is 0 Å². The van der Waals surface area contributed by atoms with E-state index in [0.717, 1.165) is 17.0 Å². The molecule has 2 aromatic rings. The number of aromatic nitrogens is 3. The lowest BCUT2D eigenvalue weighted by molar-refractivity contribution is 0.254. The summed E-state index contributed by atoms with van der Waals surface area (Å²) in [4.78, 5) is 0. The molecule has 1 N–H and O–H groups in total. The fourth-order valence-electron chi connectivity index (χ4n) is 1.55. The van der Waals surface area contributed by atoms with Gasteiger partial charge in [-0.15, -0.1) is 10.2 Å². The van der Waals surface area contributed by atoms with Crippen LogP contribution >= 0.6 is 0 Å². The Morgan fingerprint density at radius 3 is 2.88 bits per heavy atom. The third kappa shape index (κ3) is 2.62. The van der Waals surface area contributed by atoms with Crippen LogP contribution in [0.1, 0.15) is 17.0 Å². The van der Waals surface area contributed by atoms with Gasteiger partial charge in [0.15, 0.2) is 5.82 Å². The van der Waals surface area contributed by atoms with Crippen LogP contribution in [0.25, 0.3) is 0 Å². The fraction of sp³-hybridized carbons (Fsp3) is 0.333. The molecule has 1 aromatic heterocycles. The number of ether oxygens (including phenoxy) is 1. The third-order valence-corrected chi connectivity index (χ3v) is 2.55. The molecule has 0 fully saturated rings. The summed E-state index contributed by atoms with van der Waals surface area (Å²) in [7, 11) is 1.86. The zero-order valence-corrected chi connectivity index (χ0v) is 9.92. The molecule has 90 valence electrons. The van der Waals surface area contributed by atoms with E-state index in [0.29, 0.717) is 12.4 Å². The van der Waals surface area contributed by atoms with Crippen molar-refractivity contribution >= 4 is 0 Å². The van der Waals surface area contributed by atoms with Crippen LogP contribution in [0, 0.1) is 6.92 Å². The standard InChI is InChI=1S/C12H15N3O2/c1-9-3-4-11(10(5-9)6-16)17-7-12-14-13-8-15(12)2/h3-5,8,16H,6-7H2,1-2H3. The van der Waals surface area contributed by atoms with Crippen LogP contribution in [-0.4, -0.2) is 19.9 Å². The minimum atomic E-state index is -0.0319. The zero-order chi connectivity index (χ0) is 12.3. The van der Waals surface area contributed by atoms with Gasteiger partial charge in [0.2, 0.25) is 0 Å². The smallest absolute Gasteiger partial charge is 0.170 e. The first-order chi connectivity index (χ1) is 8.20. The fourth-order valence-corrected chi connectivity index (χ4v) is 1.55. The average molecular weight is 233 g/mol. The summed E-state index contributed by atoms with van der Waals surface area (Å²) in [6.07, 6.45) is 1.63. The number of benzene rings is 1. The number of aliphatic hydroxyl groups excluding tert-OH is 1. The SMILES string of the molecule is Cc1ccc(OCc2nncn2C)c(CO)c1. The van der Waals surface area contributed by atoms with Crippen LogP contribution in [0.3, 0.4) is 0 Å². The summed E-state index contributed by atoms with van der Waals surface area (Å²) in [5.74, 6) is 1.43. The van der Waals surface area contributed by atoms with Gasteiger partial charge in [0.1, 0.15) is 18.7 Å². The van der Waals surface area contributed by atoms with Gasteiger partial charge in [-0.05, 0) is 13.0 Å². The maximum atomic E-state index is 9.24. The molecule has 0 spiro atoms. The Hall–Kier alpha value is -1.88. The van der Waals surface area contributed by atoms with E-state index in [2.05, 4.69) is 10.2 Å². The summed E-state index contributed by atoms with van der Waals surface area (Å²) in [5.41, 5.74) is 1.88. The molecule has 0 bridgehead atoms. The lowest BCUT2D eigenvalue weighted by Crippen LogP contribution is -2.04. The molecule has 0 amide bonds. The predicted octanol–water partition coefficient (Wildman–Crippen LogP) is 1.19. The van der Waals surface area contributed by atoms with E-state index in [1.54, 1.807) is 10.9 Å². The lowest BCUT2D eigenvalue weighted by Gasteiger charge is -2.10. The number of aryl methyl sites for hydroxylation is 2. The van der Waals surface area contributed by atoms with Gasteiger partial charge in [0.25, 0.3) is 0 Å². The predicted molar refractivity (Wildman–Crippen MR) is 62.4 cm³/mol. The van der Waals surface area contributed by atoms with Crippen molar-refractivity contribution < 1.29 is 9.84 Å². The number of aliphatic hydroxyl groups is 1. The second-order valence-corrected chi connectivity index (χ2v) is 3.92. The van der Waals surface area contributed by atoms with Gasteiger partial charge in [0.05, 0.1) is 6.61 Å². The van der Waals surface area contributed by atoms with Gasteiger partial charge in [-0.1, -0.05) is 17.7 Å². The van der Waals surface area contributed by atoms with Gasteiger partial charge >= 0.3 is 0 Å². The molecule has 0 unspecified atom stereocenters. The first kappa shape index (κ1) is 11.6. The Balaban J connectivity index is 2.11. The van der Waals surface area contributed by atoms with Crippen molar-refractivity contribution in [3.63, 3.8) is 0 Å². The molecule has 0 aliphatic heterocycles. The number of hydrogen-bond acceptors (Lipinski definition) is 4. The maximum Gasteiger partial charge on any atom is 0.170 e. The zero-order valence-electron chi connectivity index (χ0n) is 9.92. The molecule has 0 saturated heterocycles. The summed E-state index contributed by atoms with van der Waals surface area (Å²) in [6.45, 7) is 2.29. The Labute approximate surface area is 99.7 Å². The molecule has 1 aromatic carbocycles. The first-order valence-electron chi connectivity index (χ1n) is 5.36. The second kappa shape index (κ2) is 4.97. The Bertz CT molecular complexity index is 508. The van der Waals surface area contributed by atoms with Crippen molar-refractivity contribution in [1.82, 2.24) is 14.8 Å².